The Kier molecular flexibility index (Phi) is 3.48. The van der Waals surface area contributed by atoms with Gasteiger partial charge >= 0.3 is 0 Å². The van der Waals surface area contributed by atoms with Crippen LogP contribution in [0.3, 0.4) is 0 Å². The second-order valence-corrected chi connectivity index (χ2v) is 3.05. The van der Waals surface area contributed by atoms with E-state index in [2.05, 4.69) is 10.6 Å². The standard InChI is InChI=1S/C9H9ClN2O2/c1-6(14)12-7-2-3-8(10)9(4-7)11-5-13/h2-5H,1H3,(H,11,13)(H,12,14). The van der Waals surface area contributed by atoms with Gasteiger partial charge in [0.1, 0.15) is 0 Å². The fraction of sp³-hybridized carbons (Fsp3) is 0.111. The van der Waals surface area contributed by atoms with Crippen molar-refractivity contribution in [2.45, 2.75) is 6.92 Å². The van der Waals surface area contributed by atoms with Gasteiger partial charge in [0.15, 0.2) is 0 Å². The largest absolute Gasteiger partial charge is 0.327 e. The van der Waals surface area contributed by atoms with Crippen molar-refractivity contribution in [3.8, 4) is 0 Å². The molecule has 0 spiro atoms. The molecule has 0 heterocycles. The predicted octanol–water partition coefficient (Wildman–Crippen LogP) is 1.87. The van der Waals surface area contributed by atoms with E-state index in [0.717, 1.165) is 0 Å². The van der Waals surface area contributed by atoms with Crippen LogP contribution >= 0.6 is 11.6 Å². The van der Waals surface area contributed by atoms with Crippen LogP contribution in [0.15, 0.2) is 18.2 Å². The molecule has 0 atom stereocenters. The van der Waals surface area contributed by atoms with Crippen LogP contribution in [0, 0.1) is 0 Å². The van der Waals surface area contributed by atoms with Gasteiger partial charge in [-0.2, -0.15) is 0 Å². The molecule has 1 rings (SSSR count). The number of carbonyl (C=O) groups is 2. The summed E-state index contributed by atoms with van der Waals surface area (Å²) in [5, 5.41) is 5.43. The van der Waals surface area contributed by atoms with Crippen molar-refractivity contribution >= 4 is 35.3 Å². The molecule has 0 aliphatic rings. The summed E-state index contributed by atoms with van der Waals surface area (Å²) in [4.78, 5) is 20.9. The van der Waals surface area contributed by atoms with Crippen LogP contribution in [-0.2, 0) is 9.59 Å². The Morgan fingerprint density at radius 1 is 1.50 bits per heavy atom. The van der Waals surface area contributed by atoms with E-state index in [-0.39, 0.29) is 5.91 Å². The maximum Gasteiger partial charge on any atom is 0.221 e. The second kappa shape index (κ2) is 4.62. The lowest BCUT2D eigenvalue weighted by atomic mass is 10.2. The minimum Gasteiger partial charge on any atom is -0.327 e. The number of hydrogen-bond acceptors (Lipinski definition) is 2. The van der Waals surface area contributed by atoms with E-state index < -0.39 is 0 Å². The second-order valence-electron chi connectivity index (χ2n) is 2.64. The fourth-order valence-corrected chi connectivity index (χ4v) is 1.15. The Morgan fingerprint density at radius 2 is 2.21 bits per heavy atom. The highest BCUT2D eigenvalue weighted by Gasteiger charge is 2.01. The number of nitrogens with one attached hydrogen (secondary N) is 2. The molecule has 5 heteroatoms. The number of rotatable bonds is 3. The third kappa shape index (κ3) is 2.74. The molecule has 4 nitrogen and oxygen atoms in total. The summed E-state index contributed by atoms with van der Waals surface area (Å²) in [7, 11) is 0. The molecular formula is C9H9ClN2O2. The van der Waals surface area contributed by atoms with Gasteiger partial charge in [0, 0.05) is 12.6 Å². The monoisotopic (exact) mass is 212 g/mol. The van der Waals surface area contributed by atoms with E-state index in [9.17, 15) is 9.59 Å². The number of hydrogen-bond donors (Lipinski definition) is 2. The average molecular weight is 213 g/mol. The van der Waals surface area contributed by atoms with Crippen LogP contribution in [0.2, 0.25) is 5.02 Å². The summed E-state index contributed by atoms with van der Waals surface area (Å²) in [5.74, 6) is -0.177. The van der Waals surface area contributed by atoms with Gasteiger partial charge in [-0.25, -0.2) is 0 Å². The van der Waals surface area contributed by atoms with Crippen LogP contribution in [0.5, 0.6) is 0 Å². The number of amides is 2. The van der Waals surface area contributed by atoms with E-state index >= 15 is 0 Å². The molecule has 14 heavy (non-hydrogen) atoms. The Hall–Kier alpha value is -1.55. The molecule has 0 aliphatic carbocycles. The number of carbonyl (C=O) groups excluding carboxylic acids is 2. The topological polar surface area (TPSA) is 58.2 Å². The number of benzene rings is 1. The SMILES string of the molecule is CC(=O)Nc1ccc(Cl)c(NC=O)c1. The van der Waals surface area contributed by atoms with Gasteiger partial charge in [-0.3, -0.25) is 9.59 Å². The summed E-state index contributed by atoms with van der Waals surface area (Å²) in [6.45, 7) is 1.40. The molecule has 0 saturated heterocycles. The molecule has 1 aromatic carbocycles. The minimum absolute atomic E-state index is 0.177. The van der Waals surface area contributed by atoms with Gasteiger partial charge in [-0.1, -0.05) is 11.6 Å². The van der Waals surface area contributed by atoms with Gasteiger partial charge in [-0.05, 0) is 18.2 Å². The molecule has 0 aromatic heterocycles. The summed E-state index contributed by atoms with van der Waals surface area (Å²) in [6, 6.07) is 4.83. The Bertz CT molecular complexity index is 366. The molecule has 2 amide bonds. The molecule has 0 unspecified atom stereocenters. The fourth-order valence-electron chi connectivity index (χ4n) is 0.980. The van der Waals surface area contributed by atoms with E-state index in [1.54, 1.807) is 18.2 Å². The first-order chi connectivity index (χ1) is 6.63. The first kappa shape index (κ1) is 10.5. The highest BCUT2D eigenvalue weighted by atomic mass is 35.5. The van der Waals surface area contributed by atoms with E-state index in [1.807, 2.05) is 0 Å². The zero-order chi connectivity index (χ0) is 10.6. The van der Waals surface area contributed by atoms with Crippen molar-refractivity contribution in [3.63, 3.8) is 0 Å². The maximum absolute atomic E-state index is 10.7. The lowest BCUT2D eigenvalue weighted by molar-refractivity contribution is -0.114. The molecule has 0 bridgehead atoms. The van der Waals surface area contributed by atoms with Crippen molar-refractivity contribution in [1.82, 2.24) is 0 Å². The lowest BCUT2D eigenvalue weighted by Gasteiger charge is -2.06. The molecular weight excluding hydrogens is 204 g/mol. The molecule has 0 aliphatic heterocycles. The summed E-state index contributed by atoms with van der Waals surface area (Å²) in [5.41, 5.74) is 1.05. The quantitative estimate of drug-likeness (QED) is 0.752. The molecule has 74 valence electrons. The smallest absolute Gasteiger partial charge is 0.221 e. The summed E-state index contributed by atoms with van der Waals surface area (Å²) < 4.78 is 0. The normalized spacial score (nSPS) is 9.29. The Morgan fingerprint density at radius 3 is 2.79 bits per heavy atom. The van der Waals surface area contributed by atoms with Gasteiger partial charge in [0.2, 0.25) is 12.3 Å². The first-order valence-electron chi connectivity index (χ1n) is 3.91. The molecule has 0 radical (unpaired) electrons. The molecule has 2 N–H and O–H groups in total. The molecule has 0 fully saturated rings. The van der Waals surface area contributed by atoms with Crippen molar-refractivity contribution in [1.29, 1.82) is 0 Å². The van der Waals surface area contributed by atoms with Crippen molar-refractivity contribution in [2.75, 3.05) is 10.6 Å². The van der Waals surface area contributed by atoms with Crippen molar-refractivity contribution in [2.24, 2.45) is 0 Å². The third-order valence-corrected chi connectivity index (χ3v) is 1.83. The highest BCUT2D eigenvalue weighted by molar-refractivity contribution is 6.33. The van der Waals surface area contributed by atoms with Crippen LogP contribution in [0.4, 0.5) is 11.4 Å². The van der Waals surface area contributed by atoms with E-state index in [4.69, 9.17) is 11.6 Å². The summed E-state index contributed by atoms with van der Waals surface area (Å²) >= 11 is 5.78. The predicted molar refractivity (Wildman–Crippen MR) is 55.4 cm³/mol. The number of halogens is 1. The van der Waals surface area contributed by atoms with Crippen LogP contribution < -0.4 is 10.6 Å². The summed E-state index contributed by atoms with van der Waals surface area (Å²) in [6.07, 6.45) is 0.527. The van der Waals surface area contributed by atoms with Gasteiger partial charge < -0.3 is 10.6 Å². The van der Waals surface area contributed by atoms with Crippen LogP contribution in [0.1, 0.15) is 6.92 Å². The number of anilines is 2. The van der Waals surface area contributed by atoms with E-state index in [0.29, 0.717) is 22.8 Å². The van der Waals surface area contributed by atoms with Crippen molar-refractivity contribution in [3.05, 3.63) is 23.2 Å². The molecule has 0 saturated carbocycles. The minimum atomic E-state index is -0.177. The van der Waals surface area contributed by atoms with Gasteiger partial charge in [-0.15, -0.1) is 0 Å². The molecule has 1 aromatic rings. The van der Waals surface area contributed by atoms with E-state index in [1.165, 1.54) is 6.92 Å². The maximum atomic E-state index is 10.7. The van der Waals surface area contributed by atoms with Gasteiger partial charge in [0.05, 0.1) is 10.7 Å². The highest BCUT2D eigenvalue weighted by Crippen LogP contribution is 2.24. The zero-order valence-corrected chi connectivity index (χ0v) is 8.26. The Labute approximate surface area is 86.3 Å². The van der Waals surface area contributed by atoms with Crippen molar-refractivity contribution < 1.29 is 9.59 Å². The third-order valence-electron chi connectivity index (χ3n) is 1.50. The van der Waals surface area contributed by atoms with Crippen LogP contribution in [-0.4, -0.2) is 12.3 Å². The first-order valence-corrected chi connectivity index (χ1v) is 4.28. The lowest BCUT2D eigenvalue weighted by Crippen LogP contribution is -2.06. The van der Waals surface area contributed by atoms with Gasteiger partial charge in [0.25, 0.3) is 0 Å². The van der Waals surface area contributed by atoms with Crippen LogP contribution in [0.25, 0.3) is 0 Å². The Balaban J connectivity index is 2.93. The zero-order valence-electron chi connectivity index (χ0n) is 7.50. The average Bonchev–Trinajstić information content (AvgIpc) is 2.10.